The average molecular weight is 238 g/mol. The van der Waals surface area contributed by atoms with Crippen molar-refractivity contribution in [2.45, 2.75) is 26.3 Å². The summed E-state index contributed by atoms with van der Waals surface area (Å²) in [6.07, 6.45) is 0.539. The van der Waals surface area contributed by atoms with E-state index in [-0.39, 0.29) is 6.54 Å². The number of carbonyl (C=O) groups excluding carboxylic acids is 1. The van der Waals surface area contributed by atoms with Crippen molar-refractivity contribution >= 4 is 16.0 Å². The van der Waals surface area contributed by atoms with Crippen molar-refractivity contribution in [3.63, 3.8) is 0 Å². The maximum atomic E-state index is 11.3. The molecule has 1 unspecified atom stereocenters. The molecule has 0 aromatic carbocycles. The van der Waals surface area contributed by atoms with E-state index in [1.54, 1.807) is 0 Å². The summed E-state index contributed by atoms with van der Waals surface area (Å²) in [4.78, 5) is 11.3. The van der Waals surface area contributed by atoms with Gasteiger partial charge >= 0.3 is 0 Å². The lowest BCUT2D eigenvalue weighted by Crippen LogP contribution is -2.42. The van der Waals surface area contributed by atoms with Gasteiger partial charge < -0.3 is 11.1 Å². The second-order valence-corrected chi connectivity index (χ2v) is 5.39. The number of rotatable bonds is 6. The van der Waals surface area contributed by atoms with Crippen molar-refractivity contribution in [3.05, 3.63) is 0 Å². The van der Waals surface area contributed by atoms with E-state index in [1.807, 2.05) is 13.8 Å². The van der Waals surface area contributed by atoms with Crippen LogP contribution in [-0.2, 0) is 14.9 Å². The molecule has 0 aliphatic heterocycles. The van der Waals surface area contributed by atoms with Crippen LogP contribution in [0.25, 0.3) is 0 Å². The number of nitrogens with two attached hydrogens (primary N) is 1. The fraction of sp³-hybridized carbons (Fsp3) is 0.875. The smallest absolute Gasteiger partial charge is 0.266 e. The fourth-order valence-electron chi connectivity index (χ4n) is 1.05. The molecule has 7 heteroatoms. The topological polar surface area (TPSA) is 109 Å². The lowest BCUT2D eigenvalue weighted by atomic mass is 10.0. The Kier molecular flexibility index (Phi) is 5.77. The molecule has 0 aromatic rings. The van der Waals surface area contributed by atoms with Gasteiger partial charge in [-0.25, -0.2) is 0 Å². The van der Waals surface area contributed by atoms with Crippen molar-refractivity contribution in [2.24, 2.45) is 11.7 Å². The number of hydrogen-bond acceptors (Lipinski definition) is 4. The zero-order valence-corrected chi connectivity index (χ0v) is 9.75. The third-order valence-electron chi connectivity index (χ3n) is 1.72. The molecule has 0 radical (unpaired) electrons. The van der Waals surface area contributed by atoms with Gasteiger partial charge in [0.2, 0.25) is 5.91 Å². The normalized spacial score (nSPS) is 13.9. The summed E-state index contributed by atoms with van der Waals surface area (Å²) < 4.78 is 29.1. The van der Waals surface area contributed by atoms with Crippen LogP contribution in [0.1, 0.15) is 20.3 Å². The lowest BCUT2D eigenvalue weighted by Gasteiger charge is -2.13. The van der Waals surface area contributed by atoms with Crippen molar-refractivity contribution in [1.82, 2.24) is 5.32 Å². The summed E-state index contributed by atoms with van der Waals surface area (Å²) in [6.45, 7) is 3.75. The highest BCUT2D eigenvalue weighted by Crippen LogP contribution is 2.02. The van der Waals surface area contributed by atoms with Gasteiger partial charge in [0.15, 0.2) is 0 Å². The van der Waals surface area contributed by atoms with Gasteiger partial charge in [0.05, 0.1) is 11.8 Å². The largest absolute Gasteiger partial charge is 0.354 e. The Morgan fingerprint density at radius 2 is 2.00 bits per heavy atom. The van der Waals surface area contributed by atoms with Gasteiger partial charge in [-0.15, -0.1) is 0 Å². The minimum atomic E-state index is -4.02. The number of amides is 1. The first-order valence-corrected chi connectivity index (χ1v) is 6.31. The zero-order valence-electron chi connectivity index (χ0n) is 8.93. The highest BCUT2D eigenvalue weighted by molar-refractivity contribution is 7.85. The molecule has 1 atom stereocenters. The van der Waals surface area contributed by atoms with Gasteiger partial charge in [-0.2, -0.15) is 8.42 Å². The first kappa shape index (κ1) is 14.3. The standard InChI is InChI=1S/C8H18N2O4S/c1-6(2)5-7(9)8(11)10-3-4-15(12,13)14/h6-7H,3-5,9H2,1-2H3,(H,10,11)(H,12,13,14). The third kappa shape index (κ3) is 8.34. The monoisotopic (exact) mass is 238 g/mol. The molecule has 1 amide bonds. The molecule has 0 aromatic heterocycles. The van der Waals surface area contributed by atoms with Crippen molar-refractivity contribution in [1.29, 1.82) is 0 Å². The molecule has 0 saturated heterocycles. The average Bonchev–Trinajstić information content (AvgIpc) is 2.00. The van der Waals surface area contributed by atoms with Gasteiger partial charge in [-0.3, -0.25) is 9.35 Å². The van der Waals surface area contributed by atoms with Crippen LogP contribution in [0.4, 0.5) is 0 Å². The van der Waals surface area contributed by atoms with Crippen LogP contribution >= 0.6 is 0 Å². The minimum Gasteiger partial charge on any atom is -0.354 e. The summed E-state index contributed by atoms with van der Waals surface area (Å²) in [6, 6.07) is -0.633. The van der Waals surface area contributed by atoms with Crippen molar-refractivity contribution in [3.8, 4) is 0 Å². The van der Waals surface area contributed by atoms with E-state index in [1.165, 1.54) is 0 Å². The van der Waals surface area contributed by atoms with Crippen LogP contribution < -0.4 is 11.1 Å². The van der Waals surface area contributed by atoms with E-state index in [0.29, 0.717) is 12.3 Å². The van der Waals surface area contributed by atoms with E-state index in [2.05, 4.69) is 5.32 Å². The highest BCUT2D eigenvalue weighted by atomic mass is 32.2. The van der Waals surface area contributed by atoms with Crippen LogP contribution in [0, 0.1) is 5.92 Å². The van der Waals surface area contributed by atoms with E-state index in [4.69, 9.17) is 10.3 Å². The zero-order chi connectivity index (χ0) is 12.1. The van der Waals surface area contributed by atoms with Crippen molar-refractivity contribution in [2.75, 3.05) is 12.3 Å². The molecule has 0 aliphatic carbocycles. The summed E-state index contributed by atoms with van der Waals surface area (Å²) >= 11 is 0. The van der Waals surface area contributed by atoms with Crippen LogP contribution in [0.15, 0.2) is 0 Å². The van der Waals surface area contributed by atoms with E-state index < -0.39 is 27.8 Å². The predicted octanol–water partition coefficient (Wildman–Crippen LogP) is -0.636. The Morgan fingerprint density at radius 1 is 1.47 bits per heavy atom. The molecule has 0 bridgehead atoms. The molecular weight excluding hydrogens is 220 g/mol. The Labute approximate surface area is 90.0 Å². The van der Waals surface area contributed by atoms with Gasteiger partial charge in [0.1, 0.15) is 0 Å². The minimum absolute atomic E-state index is 0.122. The SMILES string of the molecule is CC(C)CC(N)C(=O)NCCS(=O)(=O)O. The molecule has 0 saturated carbocycles. The predicted molar refractivity (Wildman–Crippen MR) is 56.9 cm³/mol. The summed E-state index contributed by atoms with van der Waals surface area (Å²) in [5, 5.41) is 2.34. The van der Waals surface area contributed by atoms with Crippen LogP contribution in [-0.4, -0.2) is 37.2 Å². The molecule has 4 N–H and O–H groups in total. The van der Waals surface area contributed by atoms with Crippen LogP contribution in [0.5, 0.6) is 0 Å². The van der Waals surface area contributed by atoms with Gasteiger partial charge in [0.25, 0.3) is 10.1 Å². The highest BCUT2D eigenvalue weighted by Gasteiger charge is 2.15. The van der Waals surface area contributed by atoms with E-state index >= 15 is 0 Å². The fourth-order valence-corrected chi connectivity index (χ4v) is 1.41. The quantitative estimate of drug-likeness (QED) is 0.533. The molecule has 0 heterocycles. The maximum Gasteiger partial charge on any atom is 0.266 e. The first-order chi connectivity index (χ1) is 6.72. The molecule has 0 spiro atoms. The van der Waals surface area contributed by atoms with Crippen LogP contribution in [0.3, 0.4) is 0 Å². The first-order valence-electron chi connectivity index (χ1n) is 4.71. The summed E-state index contributed by atoms with van der Waals surface area (Å²) in [5.41, 5.74) is 5.54. The Balaban J connectivity index is 3.84. The van der Waals surface area contributed by atoms with Gasteiger partial charge in [-0.1, -0.05) is 13.8 Å². The summed E-state index contributed by atoms with van der Waals surface area (Å²) in [7, 11) is -4.02. The van der Waals surface area contributed by atoms with Gasteiger partial charge in [-0.05, 0) is 12.3 Å². The molecule has 90 valence electrons. The second-order valence-electron chi connectivity index (χ2n) is 3.81. The molecular formula is C8H18N2O4S. The third-order valence-corrected chi connectivity index (χ3v) is 2.44. The number of nitrogens with one attached hydrogen (secondary N) is 1. The Morgan fingerprint density at radius 3 is 2.40 bits per heavy atom. The van der Waals surface area contributed by atoms with Crippen molar-refractivity contribution < 1.29 is 17.8 Å². The molecule has 0 rings (SSSR count). The number of hydrogen-bond donors (Lipinski definition) is 3. The Hall–Kier alpha value is -0.660. The molecule has 0 aliphatic rings. The summed E-state index contributed by atoms with van der Waals surface area (Å²) in [5.74, 6) is -0.590. The van der Waals surface area contributed by atoms with Crippen LogP contribution in [0.2, 0.25) is 0 Å². The Bertz CT molecular complexity index is 300. The molecule has 6 nitrogen and oxygen atoms in total. The number of carbonyl (C=O) groups is 1. The lowest BCUT2D eigenvalue weighted by molar-refractivity contribution is -0.122. The van der Waals surface area contributed by atoms with E-state index in [0.717, 1.165) is 0 Å². The molecule has 0 fully saturated rings. The van der Waals surface area contributed by atoms with Gasteiger partial charge in [0, 0.05) is 6.54 Å². The second kappa shape index (κ2) is 6.04. The maximum absolute atomic E-state index is 11.3. The molecule has 15 heavy (non-hydrogen) atoms. The van der Waals surface area contributed by atoms with E-state index in [9.17, 15) is 13.2 Å².